The molecule has 1 heterocycles. The minimum absolute atomic E-state index is 0.0269. The Morgan fingerprint density at radius 3 is 2.38 bits per heavy atom. The molecular formula is C24H28N4O5S. The van der Waals surface area contributed by atoms with E-state index >= 15 is 0 Å². The van der Waals surface area contributed by atoms with Crippen molar-refractivity contribution in [1.29, 1.82) is 0 Å². The minimum Gasteiger partial charge on any atom is -0.449 e. The first kappa shape index (κ1) is 25.1. The van der Waals surface area contributed by atoms with Crippen LogP contribution in [0, 0.1) is 20.8 Å². The number of rotatable bonds is 8. The fourth-order valence-electron chi connectivity index (χ4n) is 3.33. The SMILES string of the molecule is Cc1ccc(C(=O)OC(C)C(=O)Nc2c(C)nn(C)c2C)cc1S(=O)(=O)NCc1ccccc1. The Labute approximate surface area is 199 Å². The van der Waals surface area contributed by atoms with E-state index in [4.69, 9.17) is 4.74 Å². The third kappa shape index (κ3) is 5.70. The predicted octanol–water partition coefficient (Wildman–Crippen LogP) is 3.01. The van der Waals surface area contributed by atoms with Gasteiger partial charge in [0.05, 0.1) is 27.5 Å². The highest BCUT2D eigenvalue weighted by molar-refractivity contribution is 7.89. The number of hydrogen-bond donors (Lipinski definition) is 2. The molecule has 10 heteroatoms. The molecule has 0 spiro atoms. The normalized spacial score (nSPS) is 12.3. The summed E-state index contributed by atoms with van der Waals surface area (Å²) in [5.74, 6) is -1.32. The zero-order valence-electron chi connectivity index (χ0n) is 19.7. The number of amides is 1. The molecule has 3 rings (SSSR count). The number of nitrogens with one attached hydrogen (secondary N) is 2. The third-order valence-electron chi connectivity index (χ3n) is 5.43. The molecule has 0 fully saturated rings. The van der Waals surface area contributed by atoms with Gasteiger partial charge in [0, 0.05) is 13.6 Å². The lowest BCUT2D eigenvalue weighted by atomic mass is 10.1. The Morgan fingerprint density at radius 1 is 1.09 bits per heavy atom. The lowest BCUT2D eigenvalue weighted by molar-refractivity contribution is -0.123. The predicted molar refractivity (Wildman–Crippen MR) is 128 cm³/mol. The van der Waals surface area contributed by atoms with Gasteiger partial charge in [-0.05, 0) is 51.0 Å². The van der Waals surface area contributed by atoms with Crippen molar-refractivity contribution >= 4 is 27.6 Å². The first-order chi connectivity index (χ1) is 16.0. The number of esters is 1. The molecule has 0 radical (unpaired) electrons. The van der Waals surface area contributed by atoms with E-state index in [1.807, 2.05) is 37.3 Å². The summed E-state index contributed by atoms with van der Waals surface area (Å²) in [5.41, 5.74) is 3.27. The molecule has 3 aromatic rings. The van der Waals surface area contributed by atoms with Gasteiger partial charge in [-0.2, -0.15) is 5.10 Å². The van der Waals surface area contributed by atoms with Gasteiger partial charge in [-0.1, -0.05) is 36.4 Å². The average Bonchev–Trinajstić information content (AvgIpc) is 3.04. The number of aryl methyl sites for hydroxylation is 3. The molecule has 1 unspecified atom stereocenters. The largest absolute Gasteiger partial charge is 0.449 e. The molecule has 0 aliphatic carbocycles. The molecule has 2 N–H and O–H groups in total. The van der Waals surface area contributed by atoms with E-state index < -0.39 is 28.0 Å². The summed E-state index contributed by atoms with van der Waals surface area (Å²) >= 11 is 0. The number of ether oxygens (including phenoxy) is 1. The van der Waals surface area contributed by atoms with Gasteiger partial charge in [0.25, 0.3) is 5.91 Å². The Balaban J connectivity index is 1.71. The maximum Gasteiger partial charge on any atom is 0.338 e. The molecule has 0 aliphatic rings. The van der Waals surface area contributed by atoms with Crippen molar-refractivity contribution in [3.05, 3.63) is 76.6 Å². The summed E-state index contributed by atoms with van der Waals surface area (Å²) < 4.78 is 35.2. The number of carbonyl (C=O) groups excluding carboxylic acids is 2. The van der Waals surface area contributed by atoms with Gasteiger partial charge < -0.3 is 10.1 Å². The van der Waals surface area contributed by atoms with Crippen LogP contribution in [0.2, 0.25) is 0 Å². The van der Waals surface area contributed by atoms with Crippen LogP contribution >= 0.6 is 0 Å². The quantitative estimate of drug-likeness (QED) is 0.475. The second-order valence-corrected chi connectivity index (χ2v) is 9.73. The standard InChI is InChI=1S/C24H28N4O5S/c1-15-11-12-20(13-21(15)34(31,32)25-14-19-9-7-6-8-10-19)24(30)33-18(4)23(29)26-22-16(2)27-28(5)17(22)3/h6-13,18,25H,14H2,1-5H3,(H,26,29). The highest BCUT2D eigenvalue weighted by Gasteiger charge is 2.24. The van der Waals surface area contributed by atoms with Gasteiger partial charge in [-0.3, -0.25) is 9.48 Å². The average molecular weight is 485 g/mol. The highest BCUT2D eigenvalue weighted by Crippen LogP contribution is 2.20. The van der Waals surface area contributed by atoms with Crippen LogP contribution in [0.15, 0.2) is 53.4 Å². The summed E-state index contributed by atoms with van der Waals surface area (Å²) in [6.45, 7) is 6.77. The number of hydrogen-bond acceptors (Lipinski definition) is 6. The van der Waals surface area contributed by atoms with Crippen molar-refractivity contribution in [1.82, 2.24) is 14.5 Å². The van der Waals surface area contributed by atoms with Crippen LogP contribution in [0.3, 0.4) is 0 Å². The number of carbonyl (C=O) groups is 2. The Kier molecular flexibility index (Phi) is 7.53. The van der Waals surface area contributed by atoms with Crippen molar-refractivity contribution in [2.45, 2.75) is 45.2 Å². The van der Waals surface area contributed by atoms with E-state index in [-0.39, 0.29) is 17.0 Å². The van der Waals surface area contributed by atoms with E-state index in [2.05, 4.69) is 15.1 Å². The molecule has 1 amide bonds. The summed E-state index contributed by atoms with van der Waals surface area (Å²) in [6.07, 6.45) is -1.11. The molecule has 0 saturated carbocycles. The maximum absolute atomic E-state index is 12.9. The number of nitrogens with zero attached hydrogens (tertiary/aromatic N) is 2. The van der Waals surface area contributed by atoms with Gasteiger partial charge in [0.1, 0.15) is 0 Å². The molecule has 0 saturated heterocycles. The molecule has 0 aliphatic heterocycles. The fraction of sp³-hybridized carbons (Fsp3) is 0.292. The summed E-state index contributed by atoms with van der Waals surface area (Å²) in [7, 11) is -2.12. The zero-order valence-corrected chi connectivity index (χ0v) is 20.6. The molecule has 1 aromatic heterocycles. The first-order valence-electron chi connectivity index (χ1n) is 10.7. The van der Waals surface area contributed by atoms with E-state index in [0.29, 0.717) is 16.9 Å². The maximum atomic E-state index is 12.9. The van der Waals surface area contributed by atoms with Crippen molar-refractivity contribution in [3.8, 4) is 0 Å². The zero-order chi connectivity index (χ0) is 25.0. The molecular weight excluding hydrogens is 456 g/mol. The summed E-state index contributed by atoms with van der Waals surface area (Å²) in [6, 6.07) is 13.4. The van der Waals surface area contributed by atoms with Gasteiger partial charge >= 0.3 is 5.97 Å². The van der Waals surface area contributed by atoms with E-state index in [9.17, 15) is 18.0 Å². The molecule has 9 nitrogen and oxygen atoms in total. The second-order valence-electron chi connectivity index (χ2n) is 8.00. The van der Waals surface area contributed by atoms with E-state index in [1.54, 1.807) is 25.6 Å². The van der Waals surface area contributed by atoms with Crippen molar-refractivity contribution < 1.29 is 22.7 Å². The van der Waals surface area contributed by atoms with Crippen LogP contribution in [0.1, 0.15) is 39.8 Å². The van der Waals surface area contributed by atoms with Crippen LogP contribution < -0.4 is 10.0 Å². The molecule has 2 aromatic carbocycles. The van der Waals surface area contributed by atoms with E-state index in [0.717, 1.165) is 11.3 Å². The summed E-state index contributed by atoms with van der Waals surface area (Å²) in [4.78, 5) is 25.2. The van der Waals surface area contributed by atoms with Gasteiger partial charge in [-0.15, -0.1) is 0 Å². The van der Waals surface area contributed by atoms with Crippen molar-refractivity contribution in [2.24, 2.45) is 7.05 Å². The smallest absolute Gasteiger partial charge is 0.338 e. The van der Waals surface area contributed by atoms with Crippen molar-refractivity contribution in [3.63, 3.8) is 0 Å². The van der Waals surface area contributed by atoms with Crippen LogP contribution in [0.25, 0.3) is 0 Å². The monoisotopic (exact) mass is 484 g/mol. The Bertz CT molecular complexity index is 1320. The van der Waals surface area contributed by atoms with Gasteiger partial charge in [0.2, 0.25) is 10.0 Å². The number of aromatic nitrogens is 2. The number of benzene rings is 2. The van der Waals surface area contributed by atoms with Crippen LogP contribution in [-0.2, 0) is 33.1 Å². The van der Waals surface area contributed by atoms with E-state index in [1.165, 1.54) is 25.1 Å². The Morgan fingerprint density at radius 2 is 1.76 bits per heavy atom. The van der Waals surface area contributed by atoms with Crippen LogP contribution in [0.4, 0.5) is 5.69 Å². The van der Waals surface area contributed by atoms with Crippen LogP contribution in [0.5, 0.6) is 0 Å². The fourth-order valence-corrected chi connectivity index (χ4v) is 4.62. The number of sulfonamides is 1. The first-order valence-corrected chi connectivity index (χ1v) is 12.1. The molecule has 1 atom stereocenters. The highest BCUT2D eigenvalue weighted by atomic mass is 32.2. The van der Waals surface area contributed by atoms with Gasteiger partial charge in [-0.25, -0.2) is 17.9 Å². The summed E-state index contributed by atoms with van der Waals surface area (Å²) in [5, 5.41) is 6.97. The molecule has 180 valence electrons. The Hall–Kier alpha value is -3.50. The van der Waals surface area contributed by atoms with Gasteiger partial charge in [0.15, 0.2) is 6.10 Å². The topological polar surface area (TPSA) is 119 Å². The van der Waals surface area contributed by atoms with Crippen molar-refractivity contribution in [2.75, 3.05) is 5.32 Å². The van der Waals surface area contributed by atoms with Crippen LogP contribution in [-0.4, -0.2) is 36.2 Å². The lowest BCUT2D eigenvalue weighted by Gasteiger charge is -2.15. The molecule has 34 heavy (non-hydrogen) atoms. The minimum atomic E-state index is -3.88. The number of anilines is 1. The lowest BCUT2D eigenvalue weighted by Crippen LogP contribution is -2.30. The third-order valence-corrected chi connectivity index (χ3v) is 6.98. The molecule has 0 bridgehead atoms. The second kappa shape index (κ2) is 10.2.